The van der Waals surface area contributed by atoms with E-state index < -0.39 is 28.5 Å². The molecule has 1 unspecified atom stereocenters. The molecule has 1 fully saturated rings. The lowest BCUT2D eigenvalue weighted by Crippen LogP contribution is -2.55. The lowest BCUT2D eigenvalue weighted by Gasteiger charge is -2.35. The average molecular weight is 696 g/mol. The number of amides is 2. The lowest BCUT2D eigenvalue weighted by molar-refractivity contribution is -0.140. The molecule has 0 saturated heterocycles. The summed E-state index contributed by atoms with van der Waals surface area (Å²) in [6, 6.07) is 20.2. The first-order valence-corrected chi connectivity index (χ1v) is 17.2. The van der Waals surface area contributed by atoms with Crippen LogP contribution in [0, 0.1) is 0 Å². The van der Waals surface area contributed by atoms with E-state index in [9.17, 15) is 18.0 Å². The molecule has 1 N–H and O–H groups in total. The van der Waals surface area contributed by atoms with E-state index in [2.05, 4.69) is 21.2 Å². The van der Waals surface area contributed by atoms with Gasteiger partial charge in [0.1, 0.15) is 12.6 Å². The topological polar surface area (TPSA) is 86.8 Å². The molecule has 11 heteroatoms. The number of rotatable bonds is 11. The first-order chi connectivity index (χ1) is 20.0. The van der Waals surface area contributed by atoms with Crippen molar-refractivity contribution in [3.05, 3.63) is 98.4 Å². The molecule has 1 aliphatic rings. The van der Waals surface area contributed by atoms with E-state index >= 15 is 0 Å². The summed E-state index contributed by atoms with van der Waals surface area (Å²) in [5.41, 5.74) is 1.67. The molecule has 2 amide bonds. The molecule has 224 valence electrons. The highest BCUT2D eigenvalue weighted by molar-refractivity contribution is 9.10. The third-order valence-electron chi connectivity index (χ3n) is 7.41. The van der Waals surface area contributed by atoms with E-state index in [0.29, 0.717) is 21.3 Å². The molecule has 0 spiro atoms. The fourth-order valence-electron chi connectivity index (χ4n) is 5.17. The Bertz CT molecular complexity index is 1460. The Kier molecular flexibility index (Phi) is 11.3. The van der Waals surface area contributed by atoms with E-state index in [0.717, 1.165) is 52.7 Å². The summed E-state index contributed by atoms with van der Waals surface area (Å²) in [4.78, 5) is 29.7. The summed E-state index contributed by atoms with van der Waals surface area (Å²) in [5, 5.41) is 3.87. The zero-order valence-corrected chi connectivity index (χ0v) is 27.2. The Balaban J connectivity index is 1.75. The average Bonchev–Trinajstić information content (AvgIpc) is 2.96. The number of carbonyl (C=O) groups is 2. The predicted octanol–water partition coefficient (Wildman–Crippen LogP) is 6.61. The molecule has 0 radical (unpaired) electrons. The van der Waals surface area contributed by atoms with Crippen molar-refractivity contribution in [2.45, 2.75) is 57.2 Å². The van der Waals surface area contributed by atoms with Crippen LogP contribution in [0.4, 0.5) is 5.69 Å². The maximum atomic E-state index is 14.2. The van der Waals surface area contributed by atoms with Gasteiger partial charge in [0.25, 0.3) is 0 Å². The Morgan fingerprint density at radius 2 is 1.55 bits per heavy atom. The van der Waals surface area contributed by atoms with Crippen LogP contribution in [0.25, 0.3) is 0 Å². The van der Waals surface area contributed by atoms with Gasteiger partial charge in [-0.15, -0.1) is 0 Å². The molecule has 0 aromatic heterocycles. The van der Waals surface area contributed by atoms with Crippen molar-refractivity contribution in [1.29, 1.82) is 0 Å². The van der Waals surface area contributed by atoms with E-state index in [4.69, 9.17) is 23.2 Å². The first kappa shape index (κ1) is 32.3. The largest absolute Gasteiger partial charge is 0.352 e. The fourth-order valence-corrected chi connectivity index (χ4v) is 6.80. The van der Waals surface area contributed by atoms with Gasteiger partial charge in [-0.05, 0) is 54.8 Å². The van der Waals surface area contributed by atoms with Gasteiger partial charge >= 0.3 is 0 Å². The van der Waals surface area contributed by atoms with Crippen LogP contribution in [0.5, 0.6) is 0 Å². The second-order valence-electron chi connectivity index (χ2n) is 10.5. The SMILES string of the molecule is CS(=O)(=O)N(CC(=O)N(Cc1c(Cl)cccc1Cl)C(Cc1ccccc1)C(=O)NC1CCCCC1)c1ccc(Br)cc1. The number of hydrogen-bond donors (Lipinski definition) is 1. The van der Waals surface area contributed by atoms with Gasteiger partial charge in [0.15, 0.2) is 0 Å². The summed E-state index contributed by atoms with van der Waals surface area (Å²) in [7, 11) is -3.86. The minimum absolute atomic E-state index is 0.0145. The predicted molar refractivity (Wildman–Crippen MR) is 172 cm³/mol. The molecule has 0 bridgehead atoms. The van der Waals surface area contributed by atoms with E-state index in [1.165, 1.54) is 4.90 Å². The molecule has 3 aromatic carbocycles. The zero-order chi connectivity index (χ0) is 30.3. The minimum Gasteiger partial charge on any atom is -0.352 e. The van der Waals surface area contributed by atoms with E-state index in [-0.39, 0.29) is 24.9 Å². The molecular weight excluding hydrogens is 661 g/mol. The highest BCUT2D eigenvalue weighted by Gasteiger charge is 2.34. The van der Waals surface area contributed by atoms with Gasteiger partial charge < -0.3 is 10.2 Å². The van der Waals surface area contributed by atoms with Crippen LogP contribution < -0.4 is 9.62 Å². The van der Waals surface area contributed by atoms with Crippen molar-refractivity contribution < 1.29 is 18.0 Å². The van der Waals surface area contributed by atoms with Crippen LogP contribution in [-0.4, -0.2) is 50.0 Å². The number of sulfonamides is 1. The smallest absolute Gasteiger partial charge is 0.244 e. The van der Waals surface area contributed by atoms with Gasteiger partial charge in [-0.1, -0.05) is 94.8 Å². The third kappa shape index (κ3) is 8.72. The van der Waals surface area contributed by atoms with Crippen LogP contribution in [0.2, 0.25) is 10.0 Å². The summed E-state index contributed by atoms with van der Waals surface area (Å²) in [6.45, 7) is -0.588. The van der Waals surface area contributed by atoms with Crippen LogP contribution >= 0.6 is 39.1 Å². The summed E-state index contributed by atoms with van der Waals surface area (Å²) < 4.78 is 27.7. The Morgan fingerprint density at radius 3 is 2.14 bits per heavy atom. The number of anilines is 1. The summed E-state index contributed by atoms with van der Waals surface area (Å²) in [6.07, 6.45) is 6.22. The van der Waals surface area contributed by atoms with Gasteiger partial charge in [0.2, 0.25) is 21.8 Å². The number of nitrogens with one attached hydrogen (secondary N) is 1. The van der Waals surface area contributed by atoms with Crippen molar-refractivity contribution in [3.8, 4) is 0 Å². The Hall–Kier alpha value is -2.59. The Morgan fingerprint density at radius 1 is 0.929 bits per heavy atom. The van der Waals surface area contributed by atoms with Crippen LogP contribution in [0.1, 0.15) is 43.2 Å². The maximum Gasteiger partial charge on any atom is 0.244 e. The van der Waals surface area contributed by atoms with Crippen molar-refractivity contribution in [1.82, 2.24) is 10.2 Å². The van der Waals surface area contributed by atoms with Gasteiger partial charge in [-0.25, -0.2) is 8.42 Å². The van der Waals surface area contributed by atoms with E-state index in [1.54, 1.807) is 42.5 Å². The van der Waals surface area contributed by atoms with Crippen molar-refractivity contribution >= 4 is 66.7 Å². The van der Waals surface area contributed by atoms with Crippen LogP contribution in [0.15, 0.2) is 77.3 Å². The van der Waals surface area contributed by atoms with Crippen molar-refractivity contribution in [2.24, 2.45) is 0 Å². The molecule has 3 aromatic rings. The van der Waals surface area contributed by atoms with Crippen molar-refractivity contribution in [3.63, 3.8) is 0 Å². The fraction of sp³-hybridized carbons (Fsp3) is 0.355. The monoisotopic (exact) mass is 693 g/mol. The molecule has 4 rings (SSSR count). The van der Waals surface area contributed by atoms with Crippen molar-refractivity contribution in [2.75, 3.05) is 17.1 Å². The Labute approximate surface area is 266 Å². The van der Waals surface area contributed by atoms with Crippen LogP contribution in [-0.2, 0) is 32.6 Å². The molecule has 0 aliphatic heterocycles. The molecule has 1 atom stereocenters. The highest BCUT2D eigenvalue weighted by atomic mass is 79.9. The van der Waals surface area contributed by atoms with E-state index in [1.807, 2.05) is 30.3 Å². The second kappa shape index (κ2) is 14.7. The number of benzene rings is 3. The molecule has 0 heterocycles. The highest BCUT2D eigenvalue weighted by Crippen LogP contribution is 2.28. The maximum absolute atomic E-state index is 14.2. The van der Waals surface area contributed by atoms with Gasteiger partial charge in [0, 0.05) is 39.1 Å². The normalized spacial score (nSPS) is 14.7. The minimum atomic E-state index is -3.86. The van der Waals surface area contributed by atoms with Gasteiger partial charge in [0.05, 0.1) is 11.9 Å². The first-order valence-electron chi connectivity index (χ1n) is 13.8. The summed E-state index contributed by atoms with van der Waals surface area (Å²) >= 11 is 16.4. The number of halogens is 3. The molecular formula is C31H34BrCl2N3O4S. The molecule has 7 nitrogen and oxygen atoms in total. The third-order valence-corrected chi connectivity index (χ3v) is 9.78. The molecule has 1 saturated carbocycles. The molecule has 42 heavy (non-hydrogen) atoms. The number of hydrogen-bond acceptors (Lipinski definition) is 4. The van der Waals surface area contributed by atoms with Gasteiger partial charge in [-0.3, -0.25) is 13.9 Å². The summed E-state index contributed by atoms with van der Waals surface area (Å²) in [5.74, 6) is -0.851. The standard InChI is InChI=1S/C31H34BrCl2N3O4S/c1-42(40,41)37(25-17-15-23(32)16-18-25)21-30(38)36(20-26-27(33)13-8-14-28(26)34)29(19-22-9-4-2-5-10-22)31(39)35-24-11-6-3-7-12-24/h2,4-5,8-10,13-18,24,29H,3,6-7,11-12,19-21H2,1H3,(H,35,39). The lowest BCUT2D eigenvalue weighted by atomic mass is 9.94. The molecule has 1 aliphatic carbocycles. The number of carbonyl (C=O) groups excluding carboxylic acids is 2. The second-order valence-corrected chi connectivity index (χ2v) is 14.2. The van der Waals surface area contributed by atoms with Crippen LogP contribution in [0.3, 0.4) is 0 Å². The van der Waals surface area contributed by atoms with Gasteiger partial charge in [-0.2, -0.15) is 0 Å². The quantitative estimate of drug-likeness (QED) is 0.245. The number of nitrogens with zero attached hydrogens (tertiary/aromatic N) is 2. The zero-order valence-electron chi connectivity index (χ0n) is 23.3.